The van der Waals surface area contributed by atoms with Crippen LogP contribution in [0.3, 0.4) is 0 Å². The van der Waals surface area contributed by atoms with Crippen LogP contribution in [0.1, 0.15) is 75.3 Å². The number of Topliss-reactive ketones (excluding diaryl/α,β-unsaturated/α-hetero) is 1. The molecule has 0 saturated heterocycles. The van der Waals surface area contributed by atoms with Crippen LogP contribution in [0.25, 0.3) is 0 Å². The number of phenols is 1. The van der Waals surface area contributed by atoms with Gasteiger partial charge in [-0.1, -0.05) is 36.4 Å². The first-order valence-electron chi connectivity index (χ1n) is 16.7. The maximum Gasteiger partial charge on any atom is 0.410 e. The summed E-state index contributed by atoms with van der Waals surface area (Å²) in [4.78, 5) is 57.6. The molecule has 0 aliphatic carbocycles. The Balaban J connectivity index is 1.92. The van der Waals surface area contributed by atoms with Crippen molar-refractivity contribution in [2.24, 2.45) is 0 Å². The molecule has 0 aromatic heterocycles. The molecule has 13 heteroatoms. The van der Waals surface area contributed by atoms with E-state index in [-0.39, 0.29) is 53.6 Å². The van der Waals surface area contributed by atoms with Gasteiger partial charge in [-0.2, -0.15) is 0 Å². The summed E-state index contributed by atoms with van der Waals surface area (Å²) in [5, 5.41) is 11.0. The van der Waals surface area contributed by atoms with Crippen molar-refractivity contribution >= 4 is 24.1 Å². The topological polar surface area (TPSA) is 150 Å². The minimum Gasteiger partial charge on any atom is -0.504 e. The standard InChI is InChI=1S/C39H48N2O11/c1-22-16-25(26(19-42)32(44)33(22)47-7)17-27(40(6)38(46)52-39(3,4)5)37(45)41-18-29(43)31-30(28(41)21-51-20-24-14-12-11-13-15-24)36(50-10)35(49-9)23(2)34(31)48-8/h11-16,19,27-28,44H,17-18,20-21H2,1-10H3/t27-,28-/m0/s1. The Labute approximate surface area is 304 Å². The molecule has 280 valence electrons. The lowest BCUT2D eigenvalue weighted by Crippen LogP contribution is -2.55. The van der Waals surface area contributed by atoms with Gasteiger partial charge in [0.25, 0.3) is 0 Å². The number of methoxy groups -OCH3 is 4. The molecule has 0 fully saturated rings. The number of hydrogen-bond donors (Lipinski definition) is 1. The van der Waals surface area contributed by atoms with Gasteiger partial charge in [-0.25, -0.2) is 4.79 Å². The van der Waals surface area contributed by atoms with Crippen molar-refractivity contribution in [3.8, 4) is 28.7 Å². The summed E-state index contributed by atoms with van der Waals surface area (Å²) in [6.45, 7) is 8.22. The van der Waals surface area contributed by atoms with Gasteiger partial charge in [0.2, 0.25) is 5.91 Å². The van der Waals surface area contributed by atoms with Crippen LogP contribution < -0.4 is 18.9 Å². The number of carbonyl (C=O) groups is 4. The number of nitrogens with zero attached hydrogens (tertiary/aromatic N) is 2. The highest BCUT2D eigenvalue weighted by molar-refractivity contribution is 6.07. The first-order chi connectivity index (χ1) is 24.6. The fourth-order valence-corrected chi connectivity index (χ4v) is 6.56. The molecule has 1 aliphatic heterocycles. The lowest BCUT2D eigenvalue weighted by atomic mass is 9.86. The molecule has 0 saturated carbocycles. The summed E-state index contributed by atoms with van der Waals surface area (Å²) >= 11 is 0. The number of hydrogen-bond acceptors (Lipinski definition) is 11. The van der Waals surface area contributed by atoms with Crippen molar-refractivity contribution < 1.29 is 52.7 Å². The van der Waals surface area contributed by atoms with Gasteiger partial charge in [0.15, 0.2) is 35.1 Å². The van der Waals surface area contributed by atoms with E-state index in [4.69, 9.17) is 28.4 Å². The molecule has 13 nitrogen and oxygen atoms in total. The van der Waals surface area contributed by atoms with E-state index in [0.29, 0.717) is 28.7 Å². The summed E-state index contributed by atoms with van der Waals surface area (Å²) in [6, 6.07) is 8.81. The molecule has 1 aliphatic rings. The maximum atomic E-state index is 15.1. The number of rotatable bonds is 13. The highest BCUT2D eigenvalue weighted by Crippen LogP contribution is 2.50. The quantitative estimate of drug-likeness (QED) is 0.219. The van der Waals surface area contributed by atoms with E-state index < -0.39 is 47.8 Å². The second-order valence-corrected chi connectivity index (χ2v) is 13.5. The Bertz CT molecular complexity index is 1820. The molecule has 1 N–H and O–H groups in total. The van der Waals surface area contributed by atoms with Crippen molar-refractivity contribution in [3.63, 3.8) is 0 Å². The first kappa shape index (κ1) is 39.5. The summed E-state index contributed by atoms with van der Waals surface area (Å²) in [5.74, 6) is -0.554. The molecule has 0 radical (unpaired) electrons. The monoisotopic (exact) mass is 720 g/mol. The zero-order chi connectivity index (χ0) is 38.5. The molecular formula is C39H48N2O11. The summed E-state index contributed by atoms with van der Waals surface area (Å²) in [7, 11) is 7.13. The SMILES string of the molecule is COc1c(C)cc(C[C@@H](C(=O)N2CC(=O)c3c(OC)c(C)c(OC)c(OC)c3[C@@H]2COCc2ccccc2)N(C)C(=O)OC(C)(C)C)c(C=O)c1O. The van der Waals surface area contributed by atoms with Crippen molar-refractivity contribution in [2.45, 2.75) is 65.3 Å². The second-order valence-electron chi connectivity index (χ2n) is 13.5. The third-order valence-electron chi connectivity index (χ3n) is 8.95. The van der Waals surface area contributed by atoms with Gasteiger partial charge < -0.3 is 38.4 Å². The number of aldehydes is 1. The van der Waals surface area contributed by atoms with E-state index in [9.17, 15) is 19.5 Å². The predicted molar refractivity (Wildman–Crippen MR) is 192 cm³/mol. The number of carbonyl (C=O) groups excluding carboxylic acids is 4. The molecule has 3 aromatic rings. The Kier molecular flexibility index (Phi) is 12.4. The second kappa shape index (κ2) is 16.4. The largest absolute Gasteiger partial charge is 0.504 e. The van der Waals surface area contributed by atoms with Gasteiger partial charge in [-0.05, 0) is 51.3 Å². The van der Waals surface area contributed by atoms with Crippen molar-refractivity contribution in [1.29, 1.82) is 0 Å². The average molecular weight is 721 g/mol. The summed E-state index contributed by atoms with van der Waals surface area (Å²) in [6.07, 6.45) is -0.576. The molecule has 4 rings (SSSR count). The van der Waals surface area contributed by atoms with Crippen LogP contribution in [0.2, 0.25) is 0 Å². The molecule has 1 heterocycles. The highest BCUT2D eigenvalue weighted by Gasteiger charge is 2.45. The lowest BCUT2D eigenvalue weighted by Gasteiger charge is -2.41. The fourth-order valence-electron chi connectivity index (χ4n) is 6.56. The fraction of sp³-hybridized carbons (Fsp3) is 0.436. The third-order valence-corrected chi connectivity index (χ3v) is 8.95. The van der Waals surface area contributed by atoms with E-state index in [2.05, 4.69) is 0 Å². The Morgan fingerprint density at radius 3 is 2.15 bits per heavy atom. The number of aryl methyl sites for hydroxylation is 1. The van der Waals surface area contributed by atoms with Gasteiger partial charge >= 0.3 is 6.09 Å². The Hall–Kier alpha value is -5.30. The molecule has 2 atom stereocenters. The smallest absolute Gasteiger partial charge is 0.410 e. The summed E-state index contributed by atoms with van der Waals surface area (Å²) < 4.78 is 34.6. The van der Waals surface area contributed by atoms with E-state index >= 15 is 4.79 Å². The molecule has 52 heavy (non-hydrogen) atoms. The van der Waals surface area contributed by atoms with Crippen LogP contribution in [-0.2, 0) is 27.3 Å². The number of fused-ring (bicyclic) bond motifs is 1. The van der Waals surface area contributed by atoms with Crippen LogP contribution in [0.5, 0.6) is 28.7 Å². The van der Waals surface area contributed by atoms with Crippen molar-refractivity contribution in [2.75, 3.05) is 48.6 Å². The molecule has 0 unspecified atom stereocenters. The molecule has 0 bridgehead atoms. The zero-order valence-corrected chi connectivity index (χ0v) is 31.4. The van der Waals surface area contributed by atoms with Gasteiger partial charge in [0.1, 0.15) is 17.4 Å². The van der Waals surface area contributed by atoms with Gasteiger partial charge in [0, 0.05) is 24.6 Å². The number of aromatic hydroxyl groups is 1. The average Bonchev–Trinajstić information content (AvgIpc) is 3.10. The van der Waals surface area contributed by atoms with Crippen LogP contribution in [-0.4, -0.2) is 99.3 Å². The minimum atomic E-state index is -1.33. The van der Waals surface area contributed by atoms with Gasteiger partial charge in [-0.3, -0.25) is 19.3 Å². The number of amides is 2. The van der Waals surface area contributed by atoms with Crippen LogP contribution in [0.15, 0.2) is 36.4 Å². The molecular weight excluding hydrogens is 672 g/mol. The van der Waals surface area contributed by atoms with E-state index in [1.807, 2.05) is 30.3 Å². The van der Waals surface area contributed by atoms with E-state index in [1.165, 1.54) is 40.4 Å². The number of ketones is 1. The molecule has 2 amide bonds. The normalized spacial score (nSPS) is 14.6. The van der Waals surface area contributed by atoms with Crippen LogP contribution in [0.4, 0.5) is 4.79 Å². The lowest BCUT2D eigenvalue weighted by molar-refractivity contribution is -0.140. The minimum absolute atomic E-state index is 0.0858. The third kappa shape index (κ3) is 7.94. The van der Waals surface area contributed by atoms with Crippen LogP contribution >= 0.6 is 0 Å². The Morgan fingerprint density at radius 1 is 0.981 bits per heavy atom. The first-order valence-corrected chi connectivity index (χ1v) is 16.7. The van der Waals surface area contributed by atoms with E-state index in [1.54, 1.807) is 40.7 Å². The predicted octanol–water partition coefficient (Wildman–Crippen LogP) is 5.62. The number of ether oxygens (including phenoxy) is 6. The number of likely N-dealkylation sites (N-methyl/N-ethyl adjacent to an activating group) is 1. The van der Waals surface area contributed by atoms with Crippen LogP contribution in [0, 0.1) is 13.8 Å². The Morgan fingerprint density at radius 2 is 1.60 bits per heavy atom. The maximum absolute atomic E-state index is 15.1. The van der Waals surface area contributed by atoms with E-state index in [0.717, 1.165) is 10.5 Å². The number of phenolic OH excluding ortho intramolecular Hbond substituents is 1. The highest BCUT2D eigenvalue weighted by atomic mass is 16.6. The van der Waals surface area contributed by atoms with Gasteiger partial charge in [0.05, 0.1) is 65.4 Å². The summed E-state index contributed by atoms with van der Waals surface area (Å²) in [5.41, 5.74) is 1.74. The molecule has 0 spiro atoms. The zero-order valence-electron chi connectivity index (χ0n) is 31.4. The number of benzene rings is 3. The van der Waals surface area contributed by atoms with Crippen molar-refractivity contribution in [3.05, 3.63) is 75.3 Å². The molecule has 3 aromatic carbocycles. The van der Waals surface area contributed by atoms with Crippen molar-refractivity contribution in [1.82, 2.24) is 9.80 Å². The van der Waals surface area contributed by atoms with Gasteiger partial charge in [-0.15, -0.1) is 0 Å².